The molecule has 2 N–H and O–H groups in total. The standard InChI is InChI=1S/C48H37N3O/c49-46-41(37-17-9-15-35(27-37)32-11-3-1-4-12-32)29-48(38-18-10-16-36(28-38)33-13-5-2-6-14-33)30-45(46)52-47(48)34-21-23-39(24-22-34)51-43-20-8-7-19-40(43)42-31-50-26-25-44(42)51/h1-29,31,45-47H,30,49H2/t45?,46?,47?,48-/m1/s1. The second-order valence-corrected chi connectivity index (χ2v) is 14.2. The minimum absolute atomic E-state index is 0.143. The van der Waals surface area contributed by atoms with E-state index in [4.69, 9.17) is 10.5 Å². The first kappa shape index (κ1) is 30.7. The summed E-state index contributed by atoms with van der Waals surface area (Å²) in [6, 6.07) is 58.4. The van der Waals surface area contributed by atoms with Gasteiger partial charge in [-0.15, -0.1) is 0 Å². The van der Waals surface area contributed by atoms with Crippen LogP contribution < -0.4 is 5.73 Å². The van der Waals surface area contributed by atoms with Gasteiger partial charge in [-0.25, -0.2) is 0 Å². The Hall–Kier alpha value is -6.07. The third-order valence-corrected chi connectivity index (χ3v) is 11.2. The third-order valence-electron chi connectivity index (χ3n) is 11.2. The fourth-order valence-electron chi connectivity index (χ4n) is 8.73. The molecule has 0 radical (unpaired) electrons. The highest BCUT2D eigenvalue weighted by molar-refractivity contribution is 6.08. The maximum Gasteiger partial charge on any atom is 0.0962 e. The molecule has 10 rings (SSSR count). The number of para-hydroxylation sites is 1. The maximum atomic E-state index is 7.17. The van der Waals surface area contributed by atoms with Crippen molar-refractivity contribution < 1.29 is 4.74 Å². The SMILES string of the molecule is NC1C(c2cccc(-c3ccccc3)c2)=C[C@]2(c3cccc(-c4ccccc4)c3)CC1OC2c1ccc(-n2c3ccccc3c3cnccc32)cc1. The van der Waals surface area contributed by atoms with Crippen LogP contribution in [0.5, 0.6) is 0 Å². The zero-order chi connectivity index (χ0) is 34.6. The van der Waals surface area contributed by atoms with E-state index < -0.39 is 5.41 Å². The Morgan fingerprint density at radius 1 is 0.596 bits per heavy atom. The summed E-state index contributed by atoms with van der Waals surface area (Å²) < 4.78 is 9.46. The van der Waals surface area contributed by atoms with E-state index in [0.717, 1.165) is 45.2 Å². The monoisotopic (exact) mass is 671 g/mol. The van der Waals surface area contributed by atoms with Crippen molar-refractivity contribution in [1.29, 1.82) is 0 Å². The Labute approximate surface area is 303 Å². The van der Waals surface area contributed by atoms with Crippen molar-refractivity contribution in [3.8, 4) is 27.9 Å². The molecule has 3 unspecified atom stereocenters. The van der Waals surface area contributed by atoms with Gasteiger partial charge in [0.2, 0.25) is 0 Å². The average Bonchev–Trinajstić information content (AvgIpc) is 3.74. The number of nitrogens with two attached hydrogens (primary N) is 1. The van der Waals surface area contributed by atoms with E-state index in [-0.39, 0.29) is 18.2 Å². The first-order chi connectivity index (χ1) is 25.7. The van der Waals surface area contributed by atoms with E-state index in [1.807, 2.05) is 12.4 Å². The van der Waals surface area contributed by atoms with E-state index in [2.05, 4.69) is 179 Å². The molecule has 1 aliphatic heterocycles. The van der Waals surface area contributed by atoms with Crippen molar-refractivity contribution in [2.75, 3.05) is 0 Å². The minimum Gasteiger partial charge on any atom is -0.367 e. The number of benzene rings is 6. The number of rotatable bonds is 6. The summed E-state index contributed by atoms with van der Waals surface area (Å²) in [4.78, 5) is 4.44. The van der Waals surface area contributed by atoms with E-state index in [9.17, 15) is 0 Å². The summed E-state index contributed by atoms with van der Waals surface area (Å²) in [5.74, 6) is 0. The fraction of sp³-hybridized carbons (Fsp3) is 0.104. The zero-order valence-electron chi connectivity index (χ0n) is 28.6. The second-order valence-electron chi connectivity index (χ2n) is 14.2. The molecule has 1 aliphatic carbocycles. The van der Waals surface area contributed by atoms with Gasteiger partial charge in [-0.1, -0.05) is 140 Å². The van der Waals surface area contributed by atoms with Gasteiger partial charge in [0.25, 0.3) is 0 Å². The molecule has 250 valence electrons. The lowest BCUT2D eigenvalue weighted by atomic mass is 9.66. The zero-order valence-corrected chi connectivity index (χ0v) is 28.6. The summed E-state index contributed by atoms with van der Waals surface area (Å²) in [6.07, 6.45) is 6.73. The number of nitrogens with zero attached hydrogens (tertiary/aromatic N) is 2. The fourth-order valence-corrected chi connectivity index (χ4v) is 8.73. The molecule has 3 heterocycles. The molecule has 1 saturated heterocycles. The van der Waals surface area contributed by atoms with Gasteiger partial charge < -0.3 is 15.0 Å². The molecule has 0 amide bonds. The Kier molecular flexibility index (Phi) is 7.27. The maximum absolute atomic E-state index is 7.17. The summed E-state index contributed by atoms with van der Waals surface area (Å²) in [6.45, 7) is 0. The Bertz CT molecular complexity index is 2550. The van der Waals surface area contributed by atoms with Gasteiger partial charge in [-0.3, -0.25) is 4.98 Å². The molecule has 4 heteroatoms. The third kappa shape index (κ3) is 4.95. The van der Waals surface area contributed by atoms with Crippen LogP contribution in [0.3, 0.4) is 0 Å². The molecule has 0 saturated carbocycles. The molecule has 2 aliphatic rings. The number of pyridine rings is 1. The van der Waals surface area contributed by atoms with E-state index in [1.165, 1.54) is 33.2 Å². The van der Waals surface area contributed by atoms with Crippen molar-refractivity contribution in [3.63, 3.8) is 0 Å². The van der Waals surface area contributed by atoms with Gasteiger partial charge in [0.05, 0.1) is 29.3 Å². The minimum atomic E-state index is -0.427. The largest absolute Gasteiger partial charge is 0.367 e. The lowest BCUT2D eigenvalue weighted by molar-refractivity contribution is 0.0322. The lowest BCUT2D eigenvalue weighted by Gasteiger charge is -2.36. The van der Waals surface area contributed by atoms with Crippen LogP contribution in [-0.4, -0.2) is 21.7 Å². The van der Waals surface area contributed by atoms with Crippen molar-refractivity contribution in [2.24, 2.45) is 5.73 Å². The van der Waals surface area contributed by atoms with E-state index in [0.29, 0.717) is 0 Å². The number of ether oxygens (including phenoxy) is 1. The first-order valence-electron chi connectivity index (χ1n) is 18.1. The lowest BCUT2D eigenvalue weighted by Crippen LogP contribution is -2.40. The molecule has 0 spiro atoms. The topological polar surface area (TPSA) is 53.1 Å². The van der Waals surface area contributed by atoms with Gasteiger partial charge in [0, 0.05) is 34.3 Å². The molecule has 2 bridgehead atoms. The predicted molar refractivity (Wildman–Crippen MR) is 212 cm³/mol. The molecule has 4 atom stereocenters. The van der Waals surface area contributed by atoms with Crippen molar-refractivity contribution in [2.45, 2.75) is 30.1 Å². The van der Waals surface area contributed by atoms with Crippen LogP contribution in [0.4, 0.5) is 0 Å². The summed E-state index contributed by atoms with van der Waals surface area (Å²) in [7, 11) is 0. The Balaban J connectivity index is 1.12. The predicted octanol–water partition coefficient (Wildman–Crippen LogP) is 10.7. The van der Waals surface area contributed by atoms with Crippen molar-refractivity contribution in [3.05, 3.63) is 199 Å². The molecule has 2 aromatic heterocycles. The normalized spacial score (nSPS) is 21.0. The number of hydrogen-bond acceptors (Lipinski definition) is 3. The molecule has 4 nitrogen and oxygen atoms in total. The van der Waals surface area contributed by atoms with E-state index >= 15 is 0 Å². The van der Waals surface area contributed by atoms with Gasteiger partial charge in [-0.2, -0.15) is 0 Å². The van der Waals surface area contributed by atoms with Crippen LogP contribution in [0.25, 0.3) is 55.3 Å². The quantitative estimate of drug-likeness (QED) is 0.191. The van der Waals surface area contributed by atoms with Crippen LogP contribution in [0.2, 0.25) is 0 Å². The van der Waals surface area contributed by atoms with Gasteiger partial charge >= 0.3 is 0 Å². The van der Waals surface area contributed by atoms with Crippen LogP contribution in [0.15, 0.2) is 182 Å². The van der Waals surface area contributed by atoms with Crippen LogP contribution >= 0.6 is 0 Å². The molecule has 1 fully saturated rings. The summed E-state index contributed by atoms with van der Waals surface area (Å²) >= 11 is 0. The smallest absolute Gasteiger partial charge is 0.0962 e. The van der Waals surface area contributed by atoms with Gasteiger partial charge in [-0.05, 0) is 81.3 Å². The first-order valence-corrected chi connectivity index (χ1v) is 18.1. The average molecular weight is 672 g/mol. The second kappa shape index (κ2) is 12.3. The van der Waals surface area contributed by atoms with Crippen molar-refractivity contribution in [1.82, 2.24) is 9.55 Å². The number of fused-ring (bicyclic) bond motifs is 5. The van der Waals surface area contributed by atoms with Crippen LogP contribution in [-0.2, 0) is 10.2 Å². The Morgan fingerprint density at radius 2 is 1.23 bits per heavy atom. The molecule has 6 aromatic carbocycles. The van der Waals surface area contributed by atoms with Crippen LogP contribution in [0, 0.1) is 0 Å². The van der Waals surface area contributed by atoms with Gasteiger partial charge in [0.15, 0.2) is 0 Å². The molecule has 52 heavy (non-hydrogen) atoms. The summed E-state index contributed by atoms with van der Waals surface area (Å²) in [5.41, 5.74) is 19.6. The highest BCUT2D eigenvalue weighted by atomic mass is 16.5. The highest BCUT2D eigenvalue weighted by Gasteiger charge is 2.54. The summed E-state index contributed by atoms with van der Waals surface area (Å²) in [5, 5.41) is 2.35. The Morgan fingerprint density at radius 3 is 2.00 bits per heavy atom. The molecular weight excluding hydrogens is 635 g/mol. The number of aromatic nitrogens is 2. The number of hydrogen-bond donors (Lipinski definition) is 1. The van der Waals surface area contributed by atoms with E-state index in [1.54, 1.807) is 0 Å². The molecular formula is C48H37N3O. The van der Waals surface area contributed by atoms with Gasteiger partial charge in [0.1, 0.15) is 0 Å². The highest BCUT2D eigenvalue weighted by Crippen LogP contribution is 2.57. The van der Waals surface area contributed by atoms with Crippen molar-refractivity contribution >= 4 is 27.4 Å². The molecule has 8 aromatic rings. The van der Waals surface area contributed by atoms with Crippen LogP contribution in [0.1, 0.15) is 29.2 Å².